The SMILES string of the molecule is C[Si](C)(C)C12CCC(CC1O)C2CC=O. The number of fused-ring (bicyclic) bond motifs is 2. The molecule has 4 atom stereocenters. The molecular formula is C12H22O2Si. The molecule has 2 aliphatic carbocycles. The van der Waals surface area contributed by atoms with Gasteiger partial charge >= 0.3 is 0 Å². The molecular weight excluding hydrogens is 204 g/mol. The van der Waals surface area contributed by atoms with Crippen LogP contribution in [-0.4, -0.2) is 25.6 Å². The minimum atomic E-state index is -1.41. The first kappa shape index (κ1) is 11.3. The van der Waals surface area contributed by atoms with E-state index in [-0.39, 0.29) is 11.1 Å². The molecule has 0 heterocycles. The lowest BCUT2D eigenvalue weighted by atomic mass is 9.93. The minimum Gasteiger partial charge on any atom is -0.393 e. The number of hydrogen-bond acceptors (Lipinski definition) is 2. The Kier molecular flexibility index (Phi) is 2.59. The van der Waals surface area contributed by atoms with Crippen molar-refractivity contribution in [3.05, 3.63) is 0 Å². The molecule has 4 unspecified atom stereocenters. The second-order valence-electron chi connectivity index (χ2n) is 6.35. The number of aliphatic hydroxyl groups excluding tert-OH is 1. The van der Waals surface area contributed by atoms with Crippen LogP contribution < -0.4 is 0 Å². The predicted molar refractivity (Wildman–Crippen MR) is 63.6 cm³/mol. The third-order valence-electron chi connectivity index (χ3n) is 5.03. The Morgan fingerprint density at radius 1 is 1.47 bits per heavy atom. The average molecular weight is 226 g/mol. The predicted octanol–water partition coefficient (Wildman–Crippen LogP) is 2.44. The third-order valence-corrected chi connectivity index (χ3v) is 8.77. The molecule has 2 aliphatic rings. The Morgan fingerprint density at radius 2 is 2.13 bits per heavy atom. The van der Waals surface area contributed by atoms with Crippen molar-refractivity contribution in [2.45, 2.75) is 56.5 Å². The summed E-state index contributed by atoms with van der Waals surface area (Å²) in [6.07, 6.45) is 4.95. The first-order valence-corrected chi connectivity index (χ1v) is 9.55. The molecule has 0 aromatic carbocycles. The van der Waals surface area contributed by atoms with Gasteiger partial charge in [0, 0.05) is 6.42 Å². The minimum absolute atomic E-state index is 0.132. The van der Waals surface area contributed by atoms with Crippen LogP contribution >= 0.6 is 0 Å². The maximum atomic E-state index is 10.8. The maximum Gasteiger partial charge on any atom is 0.120 e. The van der Waals surface area contributed by atoms with E-state index in [0.717, 1.165) is 19.1 Å². The van der Waals surface area contributed by atoms with Gasteiger partial charge in [0.05, 0.1) is 14.2 Å². The van der Waals surface area contributed by atoms with Crippen LogP contribution in [0.3, 0.4) is 0 Å². The summed E-state index contributed by atoms with van der Waals surface area (Å²) in [4.78, 5) is 10.8. The molecule has 2 bridgehead atoms. The Balaban J connectivity index is 2.36. The number of hydrogen-bond donors (Lipinski definition) is 1. The maximum absolute atomic E-state index is 10.8. The zero-order valence-corrected chi connectivity index (χ0v) is 11.0. The van der Waals surface area contributed by atoms with Gasteiger partial charge in [-0.1, -0.05) is 19.6 Å². The Morgan fingerprint density at radius 3 is 2.60 bits per heavy atom. The van der Waals surface area contributed by atoms with Crippen molar-refractivity contribution in [3.8, 4) is 0 Å². The molecule has 15 heavy (non-hydrogen) atoms. The molecule has 0 aliphatic heterocycles. The van der Waals surface area contributed by atoms with Crippen LogP contribution in [0.5, 0.6) is 0 Å². The van der Waals surface area contributed by atoms with Crippen molar-refractivity contribution in [1.29, 1.82) is 0 Å². The topological polar surface area (TPSA) is 37.3 Å². The molecule has 0 radical (unpaired) electrons. The van der Waals surface area contributed by atoms with Crippen LogP contribution in [0.4, 0.5) is 0 Å². The first-order valence-electron chi connectivity index (χ1n) is 6.05. The van der Waals surface area contributed by atoms with Gasteiger partial charge in [0.2, 0.25) is 0 Å². The second kappa shape index (κ2) is 3.42. The van der Waals surface area contributed by atoms with E-state index >= 15 is 0 Å². The summed E-state index contributed by atoms with van der Waals surface area (Å²) in [7, 11) is -1.41. The number of carbonyl (C=O) groups is 1. The Labute approximate surface area is 93.1 Å². The van der Waals surface area contributed by atoms with Crippen LogP contribution in [0, 0.1) is 11.8 Å². The largest absolute Gasteiger partial charge is 0.393 e. The highest BCUT2D eigenvalue weighted by Crippen LogP contribution is 2.68. The van der Waals surface area contributed by atoms with Crippen LogP contribution in [0.1, 0.15) is 25.7 Å². The van der Waals surface area contributed by atoms with Gasteiger partial charge in [-0.2, -0.15) is 0 Å². The lowest BCUT2D eigenvalue weighted by Crippen LogP contribution is -2.47. The summed E-state index contributed by atoms with van der Waals surface area (Å²) in [6.45, 7) is 7.05. The number of aldehydes is 1. The average Bonchev–Trinajstić information content (AvgIpc) is 2.58. The highest BCUT2D eigenvalue weighted by molar-refractivity contribution is 6.79. The molecule has 0 aromatic rings. The Hall–Kier alpha value is -0.153. The van der Waals surface area contributed by atoms with Crippen molar-refractivity contribution in [2.75, 3.05) is 0 Å². The van der Waals surface area contributed by atoms with E-state index in [0.29, 0.717) is 18.3 Å². The van der Waals surface area contributed by atoms with Gasteiger partial charge in [0.1, 0.15) is 6.29 Å². The molecule has 2 fully saturated rings. The summed E-state index contributed by atoms with van der Waals surface area (Å²) in [5, 5.41) is 10.5. The molecule has 0 spiro atoms. The fourth-order valence-corrected chi connectivity index (χ4v) is 7.84. The van der Waals surface area contributed by atoms with E-state index in [4.69, 9.17) is 0 Å². The van der Waals surface area contributed by atoms with E-state index in [2.05, 4.69) is 19.6 Å². The highest BCUT2D eigenvalue weighted by Gasteiger charge is 2.63. The van der Waals surface area contributed by atoms with Crippen molar-refractivity contribution in [2.24, 2.45) is 11.8 Å². The molecule has 1 N–H and O–H groups in total. The van der Waals surface area contributed by atoms with Gasteiger partial charge in [-0.25, -0.2) is 0 Å². The van der Waals surface area contributed by atoms with Crippen LogP contribution in [0.25, 0.3) is 0 Å². The molecule has 0 aromatic heterocycles. The number of aliphatic hydroxyl groups is 1. The quantitative estimate of drug-likeness (QED) is 0.593. The number of carbonyl (C=O) groups excluding carboxylic acids is 1. The summed E-state index contributed by atoms with van der Waals surface area (Å²) in [5.74, 6) is 1.11. The van der Waals surface area contributed by atoms with Gasteiger partial charge in [-0.05, 0) is 36.1 Å². The molecule has 0 amide bonds. The lowest BCUT2D eigenvalue weighted by Gasteiger charge is -2.45. The smallest absolute Gasteiger partial charge is 0.120 e. The molecule has 2 saturated carbocycles. The zero-order chi connectivity index (χ0) is 11.3. The van der Waals surface area contributed by atoms with E-state index < -0.39 is 8.07 Å². The summed E-state index contributed by atoms with van der Waals surface area (Å²) >= 11 is 0. The van der Waals surface area contributed by atoms with Crippen molar-refractivity contribution in [1.82, 2.24) is 0 Å². The standard InChI is InChI=1S/C12H22O2Si/c1-15(2,3)12-6-4-9(8-11(12)14)10(12)5-7-13/h7,9-11,14H,4-6,8H2,1-3H3. The highest BCUT2D eigenvalue weighted by atomic mass is 28.3. The first-order chi connectivity index (χ1) is 6.93. The van der Waals surface area contributed by atoms with Gasteiger partial charge < -0.3 is 9.90 Å². The van der Waals surface area contributed by atoms with Crippen LogP contribution in [0.15, 0.2) is 0 Å². The molecule has 2 rings (SSSR count). The summed E-state index contributed by atoms with van der Waals surface area (Å²) < 4.78 is 0. The summed E-state index contributed by atoms with van der Waals surface area (Å²) in [6, 6.07) is 0. The Bertz CT molecular complexity index is 271. The molecule has 2 nitrogen and oxygen atoms in total. The monoisotopic (exact) mass is 226 g/mol. The molecule has 3 heteroatoms. The zero-order valence-electron chi connectivity index (χ0n) is 9.99. The van der Waals surface area contributed by atoms with Crippen molar-refractivity contribution < 1.29 is 9.90 Å². The van der Waals surface area contributed by atoms with E-state index in [1.54, 1.807) is 0 Å². The third kappa shape index (κ3) is 1.36. The lowest BCUT2D eigenvalue weighted by molar-refractivity contribution is -0.108. The van der Waals surface area contributed by atoms with Crippen LogP contribution in [-0.2, 0) is 4.79 Å². The van der Waals surface area contributed by atoms with E-state index in [1.165, 1.54) is 6.42 Å². The molecule has 0 saturated heterocycles. The van der Waals surface area contributed by atoms with Gasteiger partial charge in [-0.3, -0.25) is 0 Å². The van der Waals surface area contributed by atoms with Crippen molar-refractivity contribution >= 4 is 14.4 Å². The normalized spacial score (nSPS) is 44.7. The second-order valence-corrected chi connectivity index (χ2v) is 11.8. The van der Waals surface area contributed by atoms with Gasteiger partial charge in [-0.15, -0.1) is 0 Å². The van der Waals surface area contributed by atoms with Crippen LogP contribution in [0.2, 0.25) is 24.7 Å². The fraction of sp³-hybridized carbons (Fsp3) is 0.917. The van der Waals surface area contributed by atoms with Crippen molar-refractivity contribution in [3.63, 3.8) is 0 Å². The number of rotatable bonds is 3. The molecule has 86 valence electrons. The van der Waals surface area contributed by atoms with Gasteiger partial charge in [0.15, 0.2) is 0 Å². The van der Waals surface area contributed by atoms with E-state index in [9.17, 15) is 9.90 Å². The van der Waals surface area contributed by atoms with Gasteiger partial charge in [0.25, 0.3) is 0 Å². The van der Waals surface area contributed by atoms with E-state index in [1.807, 2.05) is 0 Å². The summed E-state index contributed by atoms with van der Waals surface area (Å²) in [5.41, 5.74) is 0. The fourth-order valence-electron chi connectivity index (χ4n) is 4.36.